The molecule has 1 N–H and O–H groups in total. The fraction of sp³-hybridized carbons (Fsp3) is 0.316. The molecule has 4 rings (SSSR count). The summed E-state index contributed by atoms with van der Waals surface area (Å²) in [7, 11) is -3.88. The van der Waals surface area contributed by atoms with Crippen molar-refractivity contribution in [1.82, 2.24) is 4.31 Å². The summed E-state index contributed by atoms with van der Waals surface area (Å²) in [4.78, 5) is 24.9. The van der Waals surface area contributed by atoms with Crippen LogP contribution in [0.25, 0.3) is 0 Å². The van der Waals surface area contributed by atoms with Gasteiger partial charge in [0.05, 0.1) is 10.7 Å². The number of fused-ring (bicyclic) bond motifs is 1. The molecule has 0 radical (unpaired) electrons. The summed E-state index contributed by atoms with van der Waals surface area (Å²) < 4.78 is 33.7. The van der Waals surface area contributed by atoms with Crippen LogP contribution in [0.1, 0.15) is 18.4 Å². The Labute approximate surface area is 186 Å². The van der Waals surface area contributed by atoms with Crippen LogP contribution in [-0.2, 0) is 21.4 Å². The number of cyclic esters (lactones) is 1. The summed E-state index contributed by atoms with van der Waals surface area (Å²) in [5.74, 6) is 0. The van der Waals surface area contributed by atoms with Gasteiger partial charge in [0.2, 0.25) is 10.0 Å². The maximum absolute atomic E-state index is 13.1. The summed E-state index contributed by atoms with van der Waals surface area (Å²) >= 11 is 9.51. The molecule has 2 aromatic carbocycles. The summed E-state index contributed by atoms with van der Waals surface area (Å²) in [6, 6.07) is 9.47. The van der Waals surface area contributed by atoms with Crippen LogP contribution >= 0.6 is 27.5 Å². The number of hydrogen-bond acceptors (Lipinski definition) is 5. The molecule has 1 saturated heterocycles. The lowest BCUT2D eigenvalue weighted by Crippen LogP contribution is -2.55. The van der Waals surface area contributed by atoms with E-state index in [1.54, 1.807) is 10.1 Å². The van der Waals surface area contributed by atoms with Gasteiger partial charge >= 0.3 is 6.09 Å². The quantitative estimate of drug-likeness (QED) is 0.675. The Morgan fingerprint density at radius 1 is 1.13 bits per heavy atom. The lowest BCUT2D eigenvalue weighted by atomic mass is 10.0. The third kappa shape index (κ3) is 3.84. The van der Waals surface area contributed by atoms with Crippen molar-refractivity contribution in [2.24, 2.45) is 0 Å². The SMILES string of the molecule is O=[NH+]c1ccc(Cl)c(S(=O)(=O)N2CCC(N3C(=O)OCc4cc(Br)ccc43)CC2)c1. The fourth-order valence-electron chi connectivity index (χ4n) is 3.80. The number of rotatable bonds is 4. The molecule has 158 valence electrons. The Kier molecular flexibility index (Phi) is 5.84. The van der Waals surface area contributed by atoms with E-state index in [-0.39, 0.29) is 41.3 Å². The monoisotopic (exact) mass is 514 g/mol. The largest absolute Gasteiger partial charge is 0.444 e. The number of halogens is 2. The number of sulfonamides is 1. The van der Waals surface area contributed by atoms with Crippen LogP contribution in [0, 0.1) is 4.91 Å². The first-order valence-electron chi connectivity index (χ1n) is 9.23. The van der Waals surface area contributed by atoms with Crippen molar-refractivity contribution in [2.45, 2.75) is 30.4 Å². The second-order valence-electron chi connectivity index (χ2n) is 7.08. The average molecular weight is 516 g/mol. The molecule has 0 aliphatic carbocycles. The fourth-order valence-corrected chi connectivity index (χ4v) is 6.18. The maximum Gasteiger partial charge on any atom is 0.414 e. The number of piperidine rings is 1. The Bertz CT molecular complexity index is 1120. The van der Waals surface area contributed by atoms with Crippen LogP contribution in [0.5, 0.6) is 0 Å². The number of nitrogens with zero attached hydrogens (tertiary/aromatic N) is 2. The van der Waals surface area contributed by atoms with Crippen molar-refractivity contribution in [1.29, 1.82) is 0 Å². The topological polar surface area (TPSA) is 98.0 Å². The number of carbonyl (C=O) groups is 1. The van der Waals surface area contributed by atoms with Gasteiger partial charge in [0.15, 0.2) is 0 Å². The molecule has 11 heteroatoms. The minimum Gasteiger partial charge on any atom is -0.444 e. The first-order valence-corrected chi connectivity index (χ1v) is 11.8. The standard InChI is InChI=1S/C19H17BrClN3O5S/c20-13-1-4-17-12(9-13)11-29-19(25)24(17)15-5-7-23(8-6-15)30(27,28)18-10-14(22-26)2-3-16(18)21/h1-4,9-10,15H,5-8,11H2/p+1. The number of carbonyl (C=O) groups excluding carboxylic acids is 1. The molecule has 0 bridgehead atoms. The molecule has 1 amide bonds. The van der Waals surface area contributed by atoms with Crippen molar-refractivity contribution in [3.63, 3.8) is 0 Å². The van der Waals surface area contributed by atoms with E-state index in [1.807, 2.05) is 18.2 Å². The van der Waals surface area contributed by atoms with Crippen LogP contribution in [0.4, 0.5) is 16.2 Å². The number of ether oxygens (including phenoxy) is 1. The first kappa shape index (κ1) is 21.2. The van der Waals surface area contributed by atoms with Crippen molar-refractivity contribution >= 4 is 55.0 Å². The van der Waals surface area contributed by atoms with Gasteiger partial charge in [0.25, 0.3) is 5.69 Å². The van der Waals surface area contributed by atoms with Crippen LogP contribution in [0.3, 0.4) is 0 Å². The molecule has 30 heavy (non-hydrogen) atoms. The minimum absolute atomic E-state index is 0.0511. The molecule has 8 nitrogen and oxygen atoms in total. The third-order valence-corrected chi connectivity index (χ3v) is 8.18. The van der Waals surface area contributed by atoms with E-state index in [0.717, 1.165) is 15.7 Å². The van der Waals surface area contributed by atoms with E-state index in [0.29, 0.717) is 12.8 Å². The first-order chi connectivity index (χ1) is 14.3. The summed E-state index contributed by atoms with van der Waals surface area (Å²) in [5, 5.41) is 1.74. The summed E-state index contributed by atoms with van der Waals surface area (Å²) in [6.07, 6.45) is 0.463. The molecule has 1 fully saturated rings. The maximum atomic E-state index is 13.1. The van der Waals surface area contributed by atoms with E-state index in [4.69, 9.17) is 16.3 Å². The highest BCUT2D eigenvalue weighted by Crippen LogP contribution is 2.35. The lowest BCUT2D eigenvalue weighted by molar-refractivity contribution is -0.379. The van der Waals surface area contributed by atoms with E-state index in [9.17, 15) is 18.1 Å². The van der Waals surface area contributed by atoms with E-state index in [2.05, 4.69) is 15.9 Å². The Balaban J connectivity index is 1.55. The Morgan fingerprint density at radius 3 is 2.57 bits per heavy atom. The molecule has 0 aromatic heterocycles. The average Bonchev–Trinajstić information content (AvgIpc) is 2.74. The van der Waals surface area contributed by atoms with Gasteiger partial charge in [0, 0.05) is 51.4 Å². The highest BCUT2D eigenvalue weighted by Gasteiger charge is 2.37. The molecule has 2 heterocycles. The molecular weight excluding hydrogens is 498 g/mol. The molecule has 0 saturated carbocycles. The predicted octanol–water partition coefficient (Wildman–Crippen LogP) is 2.89. The van der Waals surface area contributed by atoms with Gasteiger partial charge in [-0.15, -0.1) is 0 Å². The molecule has 2 aromatic rings. The number of nitrogens with one attached hydrogen (secondary N) is 1. The molecule has 0 spiro atoms. The molecule has 0 atom stereocenters. The van der Waals surface area contributed by atoms with Crippen molar-refractivity contribution in [2.75, 3.05) is 18.0 Å². The summed E-state index contributed by atoms with van der Waals surface area (Å²) in [5.41, 5.74) is 1.80. The van der Waals surface area contributed by atoms with Crippen LogP contribution in [0.15, 0.2) is 45.8 Å². The number of anilines is 1. The zero-order chi connectivity index (χ0) is 21.5. The number of benzene rings is 2. The Morgan fingerprint density at radius 2 is 1.87 bits per heavy atom. The molecule has 0 unspecified atom stereocenters. The second-order valence-corrected chi connectivity index (χ2v) is 10.3. The van der Waals surface area contributed by atoms with Crippen molar-refractivity contribution in [3.8, 4) is 0 Å². The van der Waals surface area contributed by atoms with E-state index >= 15 is 0 Å². The molecular formula is C19H18BrClN3O5S+. The number of hydrogen-bond donors (Lipinski definition) is 1. The normalized spacial score (nSPS) is 18.1. The zero-order valence-corrected chi connectivity index (χ0v) is 18.8. The van der Waals surface area contributed by atoms with Crippen LogP contribution < -0.4 is 10.1 Å². The van der Waals surface area contributed by atoms with Crippen molar-refractivity contribution in [3.05, 3.63) is 56.4 Å². The Hall–Kier alpha value is -2.01. The number of amides is 1. The predicted molar refractivity (Wildman–Crippen MR) is 114 cm³/mol. The van der Waals surface area contributed by atoms with Crippen LogP contribution in [-0.4, -0.2) is 37.9 Å². The van der Waals surface area contributed by atoms with Gasteiger partial charge in [-0.25, -0.2) is 13.2 Å². The van der Waals surface area contributed by atoms with Gasteiger partial charge in [0.1, 0.15) is 11.5 Å². The minimum atomic E-state index is -3.88. The van der Waals surface area contributed by atoms with Gasteiger partial charge in [-0.1, -0.05) is 27.5 Å². The van der Waals surface area contributed by atoms with E-state index < -0.39 is 16.1 Å². The lowest BCUT2D eigenvalue weighted by Gasteiger charge is -2.39. The van der Waals surface area contributed by atoms with Gasteiger partial charge < -0.3 is 4.74 Å². The summed E-state index contributed by atoms with van der Waals surface area (Å²) in [6.45, 7) is 0.641. The zero-order valence-electron chi connectivity index (χ0n) is 15.7. The van der Waals surface area contributed by atoms with Crippen molar-refractivity contribution < 1.29 is 23.1 Å². The highest BCUT2D eigenvalue weighted by molar-refractivity contribution is 9.10. The molecule has 2 aliphatic rings. The third-order valence-electron chi connectivity index (χ3n) is 5.30. The van der Waals surface area contributed by atoms with E-state index in [1.165, 1.54) is 22.5 Å². The second kappa shape index (κ2) is 8.26. The smallest absolute Gasteiger partial charge is 0.414 e. The highest BCUT2D eigenvalue weighted by atomic mass is 79.9. The number of nitroso groups, excluding NO2 is 1. The molecule has 2 aliphatic heterocycles. The van der Waals surface area contributed by atoms with Gasteiger partial charge in [-0.3, -0.25) is 4.90 Å². The van der Waals surface area contributed by atoms with Crippen LogP contribution in [0.2, 0.25) is 5.02 Å². The van der Waals surface area contributed by atoms with Gasteiger partial charge in [-0.05, 0) is 37.1 Å². The van der Waals surface area contributed by atoms with Gasteiger partial charge in [-0.2, -0.15) is 4.31 Å².